The van der Waals surface area contributed by atoms with Gasteiger partial charge in [0.2, 0.25) is 0 Å². The lowest BCUT2D eigenvalue weighted by Gasteiger charge is -2.30. The highest BCUT2D eigenvalue weighted by Gasteiger charge is 2.35. The molecule has 0 bridgehead atoms. The van der Waals surface area contributed by atoms with Gasteiger partial charge < -0.3 is 10.2 Å². The predicted molar refractivity (Wildman–Crippen MR) is 98.9 cm³/mol. The number of rotatable bonds is 5. The van der Waals surface area contributed by atoms with E-state index in [9.17, 15) is 13.2 Å². The number of nitrogens with zero attached hydrogens (tertiary/aromatic N) is 1. The maximum Gasteiger partial charge on any atom is 0.418 e. The average molecular weight is 389 g/mol. The second-order valence-corrected chi connectivity index (χ2v) is 7.58. The summed E-state index contributed by atoms with van der Waals surface area (Å²) in [7, 11) is 0. The molecule has 1 aromatic carbocycles. The molecular formula is C18H20ClF3N2S. The summed E-state index contributed by atoms with van der Waals surface area (Å²) in [5, 5.41) is 5.01. The van der Waals surface area contributed by atoms with Gasteiger partial charge in [0.15, 0.2) is 0 Å². The van der Waals surface area contributed by atoms with Crippen LogP contribution in [0.15, 0.2) is 23.6 Å². The first-order valence-corrected chi connectivity index (χ1v) is 9.60. The van der Waals surface area contributed by atoms with Crippen LogP contribution in [0, 0.1) is 0 Å². The van der Waals surface area contributed by atoms with Gasteiger partial charge in [0, 0.05) is 30.2 Å². The fourth-order valence-electron chi connectivity index (χ4n) is 3.04. The summed E-state index contributed by atoms with van der Waals surface area (Å²) in [4.78, 5) is 3.28. The number of unbranched alkanes of at least 4 members (excludes halogenated alkanes) is 1. The molecule has 136 valence electrons. The van der Waals surface area contributed by atoms with Gasteiger partial charge in [-0.2, -0.15) is 13.2 Å². The highest BCUT2D eigenvalue weighted by atomic mass is 35.5. The third kappa shape index (κ3) is 4.06. The third-order valence-electron chi connectivity index (χ3n) is 4.39. The molecule has 2 aromatic rings. The Balaban J connectivity index is 1.92. The van der Waals surface area contributed by atoms with Gasteiger partial charge in [0.1, 0.15) is 0 Å². The zero-order chi connectivity index (χ0) is 18.0. The van der Waals surface area contributed by atoms with Gasteiger partial charge in [0.25, 0.3) is 0 Å². The van der Waals surface area contributed by atoms with Crippen molar-refractivity contribution in [3.05, 3.63) is 44.6 Å². The molecule has 0 unspecified atom stereocenters. The largest absolute Gasteiger partial charge is 0.418 e. The summed E-state index contributed by atoms with van der Waals surface area (Å²) in [5.74, 6) is 0. The van der Waals surface area contributed by atoms with Gasteiger partial charge in [-0.25, -0.2) is 0 Å². The van der Waals surface area contributed by atoms with Crippen molar-refractivity contribution in [2.24, 2.45) is 0 Å². The molecule has 0 amide bonds. The molecule has 1 N–H and O–H groups in total. The molecule has 25 heavy (non-hydrogen) atoms. The quantitative estimate of drug-likeness (QED) is 0.614. The van der Waals surface area contributed by atoms with Crippen LogP contribution in [-0.4, -0.2) is 13.1 Å². The van der Waals surface area contributed by atoms with Crippen molar-refractivity contribution < 1.29 is 13.2 Å². The Kier molecular flexibility index (Phi) is 5.49. The number of thiophene rings is 1. The summed E-state index contributed by atoms with van der Waals surface area (Å²) in [6.45, 7) is 3.78. The Labute approximate surface area is 154 Å². The molecule has 1 aromatic heterocycles. The molecule has 0 atom stereocenters. The SMILES string of the molecule is CCCCNc1c(Cl)cc(N2CCc3sccc3C2)cc1C(F)(F)F. The average Bonchev–Trinajstić information content (AvgIpc) is 3.02. The molecule has 2 nitrogen and oxygen atoms in total. The molecule has 0 radical (unpaired) electrons. The van der Waals surface area contributed by atoms with Crippen LogP contribution in [0.5, 0.6) is 0 Å². The van der Waals surface area contributed by atoms with Crippen LogP contribution in [0.2, 0.25) is 5.02 Å². The molecule has 0 saturated carbocycles. The maximum atomic E-state index is 13.6. The molecule has 0 saturated heterocycles. The van der Waals surface area contributed by atoms with Gasteiger partial charge in [-0.05, 0) is 42.0 Å². The van der Waals surface area contributed by atoms with Crippen LogP contribution in [0.3, 0.4) is 0 Å². The summed E-state index contributed by atoms with van der Waals surface area (Å²) in [6.07, 6.45) is -1.90. The van der Waals surface area contributed by atoms with E-state index in [-0.39, 0.29) is 10.7 Å². The van der Waals surface area contributed by atoms with Crippen LogP contribution in [0.25, 0.3) is 0 Å². The van der Waals surface area contributed by atoms with Crippen LogP contribution in [-0.2, 0) is 19.1 Å². The van der Waals surface area contributed by atoms with Crippen molar-refractivity contribution in [3.63, 3.8) is 0 Å². The standard InChI is InChI=1S/C18H20ClF3N2S/c1-2-3-6-23-17-14(18(20,21)22)9-13(10-15(17)19)24-7-4-16-12(11-24)5-8-25-16/h5,8-10,23H,2-4,6-7,11H2,1H3. The monoisotopic (exact) mass is 388 g/mol. The van der Waals surface area contributed by atoms with Gasteiger partial charge in [0.05, 0.1) is 16.3 Å². The van der Waals surface area contributed by atoms with E-state index in [1.54, 1.807) is 17.4 Å². The number of anilines is 2. The van der Waals surface area contributed by atoms with E-state index >= 15 is 0 Å². The molecule has 1 aliphatic rings. The normalized spacial score (nSPS) is 14.5. The first-order chi connectivity index (χ1) is 11.9. The molecule has 0 fully saturated rings. The van der Waals surface area contributed by atoms with E-state index in [0.29, 0.717) is 25.3 Å². The Bertz CT molecular complexity index is 742. The molecular weight excluding hydrogens is 369 g/mol. The molecule has 3 rings (SSSR count). The highest BCUT2D eigenvalue weighted by molar-refractivity contribution is 7.10. The summed E-state index contributed by atoms with van der Waals surface area (Å²) in [5.41, 5.74) is 1.00. The topological polar surface area (TPSA) is 15.3 Å². The van der Waals surface area contributed by atoms with Crippen molar-refractivity contribution >= 4 is 34.3 Å². The second-order valence-electron chi connectivity index (χ2n) is 6.17. The Morgan fingerprint density at radius 1 is 1.32 bits per heavy atom. The van der Waals surface area contributed by atoms with Crippen molar-refractivity contribution in [1.82, 2.24) is 0 Å². The fourth-order valence-corrected chi connectivity index (χ4v) is 4.21. The summed E-state index contributed by atoms with van der Waals surface area (Å²) in [6, 6.07) is 4.90. The molecule has 0 spiro atoms. The van der Waals surface area contributed by atoms with Gasteiger partial charge >= 0.3 is 6.18 Å². The smallest absolute Gasteiger partial charge is 0.383 e. The van der Waals surface area contributed by atoms with Crippen LogP contribution >= 0.6 is 22.9 Å². The number of hydrogen-bond donors (Lipinski definition) is 1. The highest BCUT2D eigenvalue weighted by Crippen LogP contribution is 2.42. The van der Waals surface area contributed by atoms with Gasteiger partial charge in [-0.1, -0.05) is 24.9 Å². The Hall–Kier alpha value is -1.40. The molecule has 7 heteroatoms. The van der Waals surface area contributed by atoms with Crippen LogP contribution < -0.4 is 10.2 Å². The first kappa shape index (κ1) is 18.4. The van der Waals surface area contributed by atoms with E-state index < -0.39 is 11.7 Å². The van der Waals surface area contributed by atoms with Crippen LogP contribution in [0.4, 0.5) is 24.5 Å². The van der Waals surface area contributed by atoms with E-state index in [1.807, 2.05) is 23.3 Å². The van der Waals surface area contributed by atoms with Crippen molar-refractivity contribution in [3.8, 4) is 0 Å². The lowest BCUT2D eigenvalue weighted by atomic mass is 10.1. The number of hydrogen-bond acceptors (Lipinski definition) is 3. The maximum absolute atomic E-state index is 13.6. The third-order valence-corrected chi connectivity index (χ3v) is 5.71. The minimum atomic E-state index is -4.45. The minimum Gasteiger partial charge on any atom is -0.383 e. The van der Waals surface area contributed by atoms with Crippen molar-refractivity contribution in [2.75, 3.05) is 23.3 Å². The van der Waals surface area contributed by atoms with Crippen molar-refractivity contribution in [2.45, 2.75) is 38.9 Å². The van der Waals surface area contributed by atoms with E-state index in [1.165, 1.54) is 16.5 Å². The molecule has 1 aliphatic heterocycles. The predicted octanol–water partition coefficient (Wildman–Crippen LogP) is 6.20. The van der Waals surface area contributed by atoms with Gasteiger partial charge in [-0.15, -0.1) is 11.3 Å². The summed E-state index contributed by atoms with van der Waals surface area (Å²) < 4.78 is 40.7. The van der Waals surface area contributed by atoms with Gasteiger partial charge in [-0.3, -0.25) is 0 Å². The van der Waals surface area contributed by atoms with Crippen LogP contribution in [0.1, 0.15) is 35.8 Å². The zero-order valence-corrected chi connectivity index (χ0v) is 15.5. The lowest BCUT2D eigenvalue weighted by Crippen LogP contribution is -2.29. The minimum absolute atomic E-state index is 0.0143. The number of fused-ring (bicyclic) bond motifs is 1. The summed E-state index contributed by atoms with van der Waals surface area (Å²) >= 11 is 7.93. The second kappa shape index (κ2) is 7.46. The Morgan fingerprint density at radius 3 is 2.84 bits per heavy atom. The van der Waals surface area contributed by atoms with E-state index in [2.05, 4.69) is 5.32 Å². The number of nitrogens with one attached hydrogen (secondary N) is 1. The number of alkyl halides is 3. The lowest BCUT2D eigenvalue weighted by molar-refractivity contribution is -0.136. The van der Waals surface area contributed by atoms with E-state index in [4.69, 9.17) is 11.6 Å². The zero-order valence-electron chi connectivity index (χ0n) is 13.9. The van der Waals surface area contributed by atoms with E-state index in [0.717, 1.165) is 19.3 Å². The first-order valence-electron chi connectivity index (χ1n) is 8.35. The number of benzene rings is 1. The Morgan fingerprint density at radius 2 is 2.12 bits per heavy atom. The number of halogens is 4. The molecule has 2 heterocycles. The fraction of sp³-hybridized carbons (Fsp3) is 0.444. The molecule has 0 aliphatic carbocycles. The van der Waals surface area contributed by atoms with Crippen molar-refractivity contribution in [1.29, 1.82) is 0 Å².